The van der Waals surface area contributed by atoms with Crippen molar-refractivity contribution < 1.29 is 13.2 Å². The van der Waals surface area contributed by atoms with Crippen molar-refractivity contribution in [1.29, 1.82) is 0 Å². The zero-order chi connectivity index (χ0) is 44.4. The number of hydrogen-bond acceptors (Lipinski definition) is 1. The molecule has 5 heteroatoms. The summed E-state index contributed by atoms with van der Waals surface area (Å²) in [6, 6.07) is 80.5. The van der Waals surface area contributed by atoms with Crippen LogP contribution >= 0.6 is 0 Å². The van der Waals surface area contributed by atoms with Crippen LogP contribution in [0.4, 0.5) is 30.2 Å². The Balaban J connectivity index is 1.01. The molecule has 0 aliphatic carbocycles. The molecule has 12 aromatic rings. The average molecular weight is 857 g/mol. The first-order valence-electron chi connectivity index (χ1n) is 22.1. The molecule has 0 fully saturated rings. The number of nitrogens with zero attached hydrogens (tertiary/aromatic N) is 2. The molecule has 11 aromatic carbocycles. The van der Waals surface area contributed by atoms with Crippen molar-refractivity contribution >= 4 is 71.2 Å². The first-order chi connectivity index (χ1) is 32.4. The monoisotopic (exact) mass is 856 g/mol. The summed E-state index contributed by atoms with van der Waals surface area (Å²) >= 11 is 0. The van der Waals surface area contributed by atoms with Gasteiger partial charge in [0.25, 0.3) is 0 Å². The van der Waals surface area contributed by atoms with Gasteiger partial charge in [0.2, 0.25) is 0 Å². The quantitative estimate of drug-likeness (QED) is 0.145. The van der Waals surface area contributed by atoms with Crippen molar-refractivity contribution in [3.63, 3.8) is 0 Å². The average Bonchev–Trinajstić information content (AvgIpc) is 3.70. The Hall–Kier alpha value is -8.41. The third-order valence-electron chi connectivity index (χ3n) is 13.0. The number of rotatable bonds is 7. The second-order valence-corrected chi connectivity index (χ2v) is 16.8. The third kappa shape index (κ3) is 6.67. The number of fused-ring (bicyclic) bond motifs is 6. The summed E-state index contributed by atoms with van der Waals surface area (Å²) in [6.45, 7) is 0. The molecule has 0 aliphatic rings. The van der Waals surface area contributed by atoms with E-state index < -0.39 is 11.7 Å². The van der Waals surface area contributed by atoms with Gasteiger partial charge in [-0.15, -0.1) is 0 Å². The second kappa shape index (κ2) is 15.7. The van der Waals surface area contributed by atoms with Crippen molar-refractivity contribution in [3.05, 3.63) is 242 Å². The van der Waals surface area contributed by atoms with Gasteiger partial charge in [0.05, 0.1) is 16.6 Å². The van der Waals surface area contributed by atoms with Crippen LogP contribution in [0.2, 0.25) is 0 Å². The van der Waals surface area contributed by atoms with Gasteiger partial charge in [-0.1, -0.05) is 158 Å². The standard InChI is InChI=1S/C61H39F3N2/c62-61(63,64)46-30-24-42(25-31-46)59-52-17-6-8-19-54(52)60(55-20-9-7-18-53(55)59)43-28-34-49(35-29-43)65(48-32-26-41(27-33-48)45-23-22-40-12-4-5-13-44(40)38-45)50-36-37-58-56(39-50)51-16-10-11-21-57(51)66(58)47-14-2-1-3-15-47/h1-39H. The van der Waals surface area contributed by atoms with E-state index in [1.807, 2.05) is 30.3 Å². The van der Waals surface area contributed by atoms with Gasteiger partial charge in [0.1, 0.15) is 0 Å². The lowest BCUT2D eigenvalue weighted by atomic mass is 9.86. The number of benzene rings is 11. The highest BCUT2D eigenvalue weighted by molar-refractivity contribution is 6.21. The van der Waals surface area contributed by atoms with Gasteiger partial charge in [0, 0.05) is 33.5 Å². The van der Waals surface area contributed by atoms with Gasteiger partial charge in [0.15, 0.2) is 0 Å². The fraction of sp³-hybridized carbons (Fsp3) is 0.0164. The molecule has 1 heterocycles. The summed E-state index contributed by atoms with van der Waals surface area (Å²) in [5, 5.41) is 8.77. The molecule has 1 aromatic heterocycles. The lowest BCUT2D eigenvalue weighted by molar-refractivity contribution is -0.137. The maximum Gasteiger partial charge on any atom is 0.416 e. The van der Waals surface area contributed by atoms with E-state index in [9.17, 15) is 13.2 Å². The summed E-state index contributed by atoms with van der Waals surface area (Å²) in [4.78, 5) is 2.33. The summed E-state index contributed by atoms with van der Waals surface area (Å²) in [7, 11) is 0. The second-order valence-electron chi connectivity index (χ2n) is 16.8. The van der Waals surface area contributed by atoms with E-state index >= 15 is 0 Å². The normalized spacial score (nSPS) is 11.9. The van der Waals surface area contributed by atoms with E-state index in [4.69, 9.17) is 0 Å². The number of alkyl halides is 3. The molecular weight excluding hydrogens is 818 g/mol. The van der Waals surface area contributed by atoms with Crippen LogP contribution in [0, 0.1) is 0 Å². The Morgan fingerprint density at radius 2 is 0.773 bits per heavy atom. The Morgan fingerprint density at radius 3 is 1.36 bits per heavy atom. The predicted octanol–water partition coefficient (Wildman–Crippen LogP) is 17.7. The molecule has 314 valence electrons. The van der Waals surface area contributed by atoms with Crippen LogP contribution in [0.5, 0.6) is 0 Å². The van der Waals surface area contributed by atoms with E-state index in [-0.39, 0.29) is 0 Å². The number of anilines is 3. The van der Waals surface area contributed by atoms with Gasteiger partial charge < -0.3 is 9.47 Å². The van der Waals surface area contributed by atoms with Crippen molar-refractivity contribution in [2.45, 2.75) is 6.18 Å². The van der Waals surface area contributed by atoms with Crippen molar-refractivity contribution in [2.24, 2.45) is 0 Å². The summed E-state index contributed by atoms with van der Waals surface area (Å²) in [5.41, 5.74) is 11.8. The third-order valence-corrected chi connectivity index (χ3v) is 13.0. The zero-order valence-electron chi connectivity index (χ0n) is 35.5. The van der Waals surface area contributed by atoms with E-state index in [1.54, 1.807) is 12.1 Å². The smallest absolute Gasteiger partial charge is 0.310 e. The van der Waals surface area contributed by atoms with Gasteiger partial charge in [-0.2, -0.15) is 13.2 Å². The number of halogens is 3. The molecule has 12 rings (SSSR count). The maximum atomic E-state index is 13.6. The van der Waals surface area contributed by atoms with E-state index in [0.717, 1.165) is 94.1 Å². The molecule has 0 amide bonds. The summed E-state index contributed by atoms with van der Waals surface area (Å²) in [6.07, 6.45) is -4.41. The van der Waals surface area contributed by atoms with Crippen LogP contribution in [0.15, 0.2) is 237 Å². The molecule has 0 N–H and O–H groups in total. The molecule has 0 radical (unpaired) electrons. The van der Waals surface area contributed by atoms with Crippen LogP contribution < -0.4 is 4.90 Å². The number of hydrogen-bond donors (Lipinski definition) is 0. The highest BCUT2D eigenvalue weighted by atomic mass is 19.4. The Labute approximate surface area is 379 Å². The molecule has 0 bridgehead atoms. The fourth-order valence-corrected chi connectivity index (χ4v) is 9.93. The molecular formula is C61H39F3N2. The van der Waals surface area contributed by atoms with Gasteiger partial charge in [-0.25, -0.2) is 0 Å². The van der Waals surface area contributed by atoms with E-state index in [1.165, 1.54) is 28.3 Å². The number of aromatic nitrogens is 1. The van der Waals surface area contributed by atoms with Crippen molar-refractivity contribution in [2.75, 3.05) is 4.90 Å². The van der Waals surface area contributed by atoms with Crippen molar-refractivity contribution in [1.82, 2.24) is 4.57 Å². The maximum absolute atomic E-state index is 13.6. The first kappa shape index (κ1) is 39.2. The summed E-state index contributed by atoms with van der Waals surface area (Å²) in [5.74, 6) is 0. The molecule has 66 heavy (non-hydrogen) atoms. The lowest BCUT2D eigenvalue weighted by Crippen LogP contribution is -2.10. The largest absolute Gasteiger partial charge is 0.416 e. The van der Waals surface area contributed by atoms with Gasteiger partial charge in [-0.05, 0) is 145 Å². The molecule has 0 unspecified atom stereocenters. The molecule has 0 atom stereocenters. The minimum Gasteiger partial charge on any atom is -0.310 e. The predicted molar refractivity (Wildman–Crippen MR) is 269 cm³/mol. The highest BCUT2D eigenvalue weighted by Gasteiger charge is 2.30. The van der Waals surface area contributed by atoms with Crippen molar-refractivity contribution in [3.8, 4) is 39.1 Å². The molecule has 0 aliphatic heterocycles. The van der Waals surface area contributed by atoms with Crippen LogP contribution in [-0.4, -0.2) is 4.57 Å². The van der Waals surface area contributed by atoms with Crippen LogP contribution in [0.3, 0.4) is 0 Å². The van der Waals surface area contributed by atoms with Crippen LogP contribution in [0.1, 0.15) is 5.56 Å². The van der Waals surface area contributed by atoms with E-state index in [2.05, 4.69) is 191 Å². The number of para-hydroxylation sites is 2. The van der Waals surface area contributed by atoms with Crippen LogP contribution in [0.25, 0.3) is 93.2 Å². The Morgan fingerprint density at radius 1 is 0.318 bits per heavy atom. The molecule has 0 saturated carbocycles. The summed E-state index contributed by atoms with van der Waals surface area (Å²) < 4.78 is 43.2. The SMILES string of the molecule is FC(F)(F)c1ccc(-c2c3ccccc3c(-c3ccc(N(c4ccc(-c5ccc6ccccc6c5)cc4)c4ccc5c(c4)c4ccccc4n5-c4ccccc4)cc3)c3ccccc23)cc1. The van der Waals surface area contributed by atoms with Crippen LogP contribution in [-0.2, 0) is 6.18 Å². The minimum absolute atomic E-state index is 0.662. The Bertz CT molecular complexity index is 3720. The fourth-order valence-electron chi connectivity index (χ4n) is 9.93. The topological polar surface area (TPSA) is 8.17 Å². The minimum atomic E-state index is -4.41. The first-order valence-corrected chi connectivity index (χ1v) is 22.1. The lowest BCUT2D eigenvalue weighted by Gasteiger charge is -2.26. The molecule has 0 spiro atoms. The Kier molecular flexibility index (Phi) is 9.32. The van der Waals surface area contributed by atoms with Gasteiger partial charge >= 0.3 is 6.18 Å². The zero-order valence-corrected chi connectivity index (χ0v) is 35.5. The molecule has 0 saturated heterocycles. The van der Waals surface area contributed by atoms with E-state index in [0.29, 0.717) is 0 Å². The highest BCUT2D eigenvalue weighted by Crippen LogP contribution is 2.46. The molecule has 2 nitrogen and oxygen atoms in total. The van der Waals surface area contributed by atoms with Gasteiger partial charge in [-0.3, -0.25) is 0 Å².